The van der Waals surface area contributed by atoms with Crippen LogP contribution < -0.4 is 5.32 Å². The lowest BCUT2D eigenvalue weighted by Crippen LogP contribution is -2.45. The van der Waals surface area contributed by atoms with E-state index in [4.69, 9.17) is 4.74 Å². The van der Waals surface area contributed by atoms with Gasteiger partial charge < -0.3 is 10.1 Å². The number of ether oxygens (including phenoxy) is 1. The van der Waals surface area contributed by atoms with Crippen molar-refractivity contribution < 1.29 is 9.53 Å². The predicted octanol–water partition coefficient (Wildman–Crippen LogP) is -0.436. The van der Waals surface area contributed by atoms with Crippen LogP contribution >= 0.6 is 0 Å². The Labute approximate surface area is 54.4 Å². The lowest BCUT2D eigenvalue weighted by Gasteiger charge is -2.20. The molecule has 0 aromatic heterocycles. The molecule has 1 fully saturated rings. The second-order valence-electron chi connectivity index (χ2n) is 2.19. The van der Waals surface area contributed by atoms with E-state index in [-0.39, 0.29) is 11.8 Å². The first kappa shape index (κ1) is 6.71. The third kappa shape index (κ3) is 1.77. The van der Waals surface area contributed by atoms with E-state index < -0.39 is 0 Å². The maximum atomic E-state index is 10.7. The number of hydrogen-bond donors (Lipinski definition) is 1. The van der Waals surface area contributed by atoms with Gasteiger partial charge in [-0.2, -0.15) is 0 Å². The van der Waals surface area contributed by atoms with Crippen LogP contribution in [0.1, 0.15) is 6.92 Å². The zero-order valence-corrected chi connectivity index (χ0v) is 5.52. The number of rotatable bonds is 1. The van der Waals surface area contributed by atoms with E-state index in [1.165, 1.54) is 0 Å². The molecule has 0 radical (unpaired) electrons. The Morgan fingerprint density at radius 3 is 2.89 bits per heavy atom. The van der Waals surface area contributed by atoms with Crippen LogP contribution in [-0.4, -0.2) is 31.6 Å². The molecule has 1 aliphatic heterocycles. The molecule has 0 aliphatic carbocycles. The van der Waals surface area contributed by atoms with Crippen LogP contribution in [0.3, 0.4) is 0 Å². The summed E-state index contributed by atoms with van der Waals surface area (Å²) in [6, 6.07) is -0.0567. The summed E-state index contributed by atoms with van der Waals surface area (Å²) in [5.74, 6) is 0.162. The number of carbonyl (C=O) groups is 1. The van der Waals surface area contributed by atoms with Gasteiger partial charge in [-0.3, -0.25) is 4.79 Å². The Hall–Kier alpha value is -0.410. The SMILES string of the molecule is CC(=O)[C@H]1COCCN1. The average Bonchev–Trinajstić information content (AvgIpc) is 1.90. The van der Waals surface area contributed by atoms with Gasteiger partial charge in [-0.15, -0.1) is 0 Å². The molecule has 0 amide bonds. The molecule has 1 rings (SSSR count). The first-order chi connectivity index (χ1) is 4.30. The molecule has 1 heterocycles. The monoisotopic (exact) mass is 129 g/mol. The lowest BCUT2D eigenvalue weighted by atomic mass is 10.2. The Morgan fingerprint density at radius 2 is 2.56 bits per heavy atom. The van der Waals surface area contributed by atoms with Crippen LogP contribution in [0.2, 0.25) is 0 Å². The summed E-state index contributed by atoms with van der Waals surface area (Å²) in [7, 11) is 0. The predicted molar refractivity (Wildman–Crippen MR) is 33.3 cm³/mol. The molecular formula is C6H11NO2. The van der Waals surface area contributed by atoms with Gasteiger partial charge in [0, 0.05) is 6.54 Å². The van der Waals surface area contributed by atoms with Gasteiger partial charge in [-0.25, -0.2) is 0 Å². The smallest absolute Gasteiger partial charge is 0.149 e. The maximum Gasteiger partial charge on any atom is 0.149 e. The summed E-state index contributed by atoms with van der Waals surface area (Å²) >= 11 is 0. The highest BCUT2D eigenvalue weighted by molar-refractivity contribution is 5.81. The molecule has 1 saturated heterocycles. The van der Waals surface area contributed by atoms with E-state index in [9.17, 15) is 4.79 Å². The number of morpholine rings is 1. The van der Waals surface area contributed by atoms with Crippen molar-refractivity contribution in [1.29, 1.82) is 0 Å². The van der Waals surface area contributed by atoms with Crippen molar-refractivity contribution in [2.24, 2.45) is 0 Å². The second kappa shape index (κ2) is 2.94. The van der Waals surface area contributed by atoms with Crippen molar-refractivity contribution >= 4 is 5.78 Å². The normalized spacial score (nSPS) is 27.9. The molecule has 3 heteroatoms. The van der Waals surface area contributed by atoms with E-state index in [1.54, 1.807) is 6.92 Å². The van der Waals surface area contributed by atoms with Gasteiger partial charge in [0.25, 0.3) is 0 Å². The van der Waals surface area contributed by atoms with Crippen molar-refractivity contribution in [2.75, 3.05) is 19.8 Å². The van der Waals surface area contributed by atoms with E-state index in [2.05, 4.69) is 5.32 Å². The standard InChI is InChI=1S/C6H11NO2/c1-5(8)6-4-9-3-2-7-6/h6-7H,2-4H2,1H3/t6-/m1/s1. The number of carbonyl (C=O) groups excluding carboxylic acids is 1. The van der Waals surface area contributed by atoms with Gasteiger partial charge in [0.2, 0.25) is 0 Å². The van der Waals surface area contributed by atoms with E-state index >= 15 is 0 Å². The second-order valence-corrected chi connectivity index (χ2v) is 2.19. The van der Waals surface area contributed by atoms with Gasteiger partial charge in [0.15, 0.2) is 0 Å². The first-order valence-corrected chi connectivity index (χ1v) is 3.12. The molecule has 9 heavy (non-hydrogen) atoms. The van der Waals surface area contributed by atoms with Crippen LogP contribution in [-0.2, 0) is 9.53 Å². The fourth-order valence-electron chi connectivity index (χ4n) is 0.827. The zero-order chi connectivity index (χ0) is 6.69. The maximum absolute atomic E-state index is 10.7. The van der Waals surface area contributed by atoms with Gasteiger partial charge >= 0.3 is 0 Å². The summed E-state index contributed by atoms with van der Waals surface area (Å²) in [6.07, 6.45) is 0. The van der Waals surface area contributed by atoms with Gasteiger partial charge in [0.05, 0.1) is 19.3 Å². The highest BCUT2D eigenvalue weighted by Crippen LogP contribution is 1.92. The van der Waals surface area contributed by atoms with Gasteiger partial charge in [-0.05, 0) is 6.92 Å². The largest absolute Gasteiger partial charge is 0.378 e. The molecule has 0 saturated carbocycles. The van der Waals surface area contributed by atoms with Crippen molar-refractivity contribution in [3.8, 4) is 0 Å². The summed E-state index contributed by atoms with van der Waals surface area (Å²) in [4.78, 5) is 10.7. The minimum Gasteiger partial charge on any atom is -0.378 e. The summed E-state index contributed by atoms with van der Waals surface area (Å²) < 4.78 is 5.06. The van der Waals surface area contributed by atoms with Crippen LogP contribution in [0.5, 0.6) is 0 Å². The Morgan fingerprint density at radius 1 is 1.78 bits per heavy atom. The van der Waals surface area contributed by atoms with Crippen LogP contribution in [0, 0.1) is 0 Å². The summed E-state index contributed by atoms with van der Waals surface area (Å²) in [5, 5.41) is 3.04. The number of nitrogens with one attached hydrogen (secondary N) is 1. The molecule has 0 bridgehead atoms. The molecular weight excluding hydrogens is 118 g/mol. The number of hydrogen-bond acceptors (Lipinski definition) is 3. The topological polar surface area (TPSA) is 38.3 Å². The third-order valence-electron chi connectivity index (χ3n) is 1.41. The molecule has 52 valence electrons. The molecule has 3 nitrogen and oxygen atoms in total. The van der Waals surface area contributed by atoms with E-state index in [1.807, 2.05) is 0 Å². The summed E-state index contributed by atoms with van der Waals surface area (Å²) in [6.45, 7) is 3.63. The fraction of sp³-hybridized carbons (Fsp3) is 0.833. The highest BCUT2D eigenvalue weighted by Gasteiger charge is 2.16. The fourth-order valence-corrected chi connectivity index (χ4v) is 0.827. The average molecular weight is 129 g/mol. The lowest BCUT2D eigenvalue weighted by molar-refractivity contribution is -0.121. The Balaban J connectivity index is 2.31. The van der Waals surface area contributed by atoms with Gasteiger partial charge in [0.1, 0.15) is 5.78 Å². The molecule has 1 aliphatic rings. The Kier molecular flexibility index (Phi) is 2.19. The van der Waals surface area contributed by atoms with Crippen molar-refractivity contribution in [3.05, 3.63) is 0 Å². The zero-order valence-electron chi connectivity index (χ0n) is 5.52. The van der Waals surface area contributed by atoms with E-state index in [0.29, 0.717) is 6.61 Å². The van der Waals surface area contributed by atoms with Crippen LogP contribution in [0.25, 0.3) is 0 Å². The number of Topliss-reactive ketones (excluding diaryl/α,β-unsaturated/α-hetero) is 1. The number of ketones is 1. The quantitative estimate of drug-likeness (QED) is 0.522. The third-order valence-corrected chi connectivity index (χ3v) is 1.41. The highest BCUT2D eigenvalue weighted by atomic mass is 16.5. The minimum absolute atomic E-state index is 0.0567. The first-order valence-electron chi connectivity index (χ1n) is 3.12. The molecule has 1 atom stereocenters. The molecule has 0 unspecified atom stereocenters. The van der Waals surface area contributed by atoms with Crippen molar-refractivity contribution in [2.45, 2.75) is 13.0 Å². The van der Waals surface area contributed by atoms with Crippen LogP contribution in [0.15, 0.2) is 0 Å². The van der Waals surface area contributed by atoms with E-state index in [0.717, 1.165) is 13.2 Å². The van der Waals surface area contributed by atoms with Crippen molar-refractivity contribution in [1.82, 2.24) is 5.32 Å². The minimum atomic E-state index is -0.0567. The van der Waals surface area contributed by atoms with Crippen LogP contribution in [0.4, 0.5) is 0 Å². The molecule has 0 spiro atoms. The van der Waals surface area contributed by atoms with Gasteiger partial charge in [-0.1, -0.05) is 0 Å². The van der Waals surface area contributed by atoms with Crippen molar-refractivity contribution in [3.63, 3.8) is 0 Å². The Bertz CT molecular complexity index is 108. The molecule has 0 aromatic carbocycles. The molecule has 1 N–H and O–H groups in total. The molecule has 0 aromatic rings. The summed E-state index contributed by atoms with van der Waals surface area (Å²) in [5.41, 5.74) is 0.